The van der Waals surface area contributed by atoms with Crippen LogP contribution in [0.5, 0.6) is 0 Å². The summed E-state index contributed by atoms with van der Waals surface area (Å²) in [5.41, 5.74) is 0. The van der Waals surface area contributed by atoms with Gasteiger partial charge in [-0.3, -0.25) is 4.79 Å². The molecule has 106 valence electrons. The maximum absolute atomic E-state index is 9.00. The van der Waals surface area contributed by atoms with Crippen molar-refractivity contribution >= 4 is 5.97 Å². The largest absolute Gasteiger partial charge is 0.481 e. The average Bonchev–Trinajstić information content (AvgIpc) is 2.31. The molecule has 0 radical (unpaired) electrons. The molecule has 0 heterocycles. The van der Waals surface area contributed by atoms with Gasteiger partial charge in [-0.05, 0) is 12.8 Å². The number of carboxylic acid groups (broad SMARTS) is 1. The average molecular weight is 254 g/mol. The highest BCUT2D eigenvalue weighted by atomic mass is 16.4. The van der Waals surface area contributed by atoms with Crippen LogP contribution in [-0.2, 0) is 4.79 Å². The molecule has 0 amide bonds. The van der Waals surface area contributed by atoms with Gasteiger partial charge in [-0.15, -0.1) is 0 Å². The van der Waals surface area contributed by atoms with Crippen LogP contribution < -0.4 is 0 Å². The molecule has 0 aliphatic rings. The van der Waals surface area contributed by atoms with Crippen LogP contribution in [0.15, 0.2) is 24.8 Å². The van der Waals surface area contributed by atoms with E-state index in [0.717, 1.165) is 6.92 Å². The Bertz CT molecular complexity index is 203. The third-order valence-electron chi connectivity index (χ3n) is 2.50. The number of allylic oxidation sites excluding steroid dienone is 3. The van der Waals surface area contributed by atoms with Crippen LogP contribution in [0.2, 0.25) is 0 Å². The van der Waals surface area contributed by atoms with E-state index in [1.807, 2.05) is 12.2 Å². The lowest BCUT2D eigenvalue weighted by molar-refractivity contribution is -0.134. The first-order valence-corrected chi connectivity index (χ1v) is 7.12. The maximum Gasteiger partial charge on any atom is 0.300 e. The molecule has 18 heavy (non-hydrogen) atoms. The number of carbonyl (C=O) groups is 1. The minimum Gasteiger partial charge on any atom is -0.481 e. The molecule has 1 N–H and O–H groups in total. The van der Waals surface area contributed by atoms with E-state index >= 15 is 0 Å². The van der Waals surface area contributed by atoms with Crippen molar-refractivity contribution < 1.29 is 9.90 Å². The molecule has 0 aromatic rings. The first-order valence-electron chi connectivity index (χ1n) is 7.12. The molecule has 2 heteroatoms. The van der Waals surface area contributed by atoms with Crippen molar-refractivity contribution in [2.45, 2.75) is 71.6 Å². The SMILES string of the molecule is C=CC=CCCCCCCCCCC.CC(=O)O. The van der Waals surface area contributed by atoms with Crippen molar-refractivity contribution in [2.75, 3.05) is 0 Å². The van der Waals surface area contributed by atoms with Gasteiger partial charge >= 0.3 is 0 Å². The number of unbranched alkanes of at least 4 members (excludes halogenated alkanes) is 8. The van der Waals surface area contributed by atoms with Crippen LogP contribution in [0.1, 0.15) is 71.6 Å². The summed E-state index contributed by atoms with van der Waals surface area (Å²) < 4.78 is 0. The quantitative estimate of drug-likeness (QED) is 0.421. The molecular weight excluding hydrogens is 224 g/mol. The van der Waals surface area contributed by atoms with Gasteiger partial charge in [-0.25, -0.2) is 0 Å². The van der Waals surface area contributed by atoms with Crippen LogP contribution >= 0.6 is 0 Å². The van der Waals surface area contributed by atoms with Crippen LogP contribution in [0, 0.1) is 0 Å². The summed E-state index contributed by atoms with van der Waals surface area (Å²) in [6.07, 6.45) is 18.6. The second-order valence-electron chi connectivity index (χ2n) is 4.45. The van der Waals surface area contributed by atoms with Gasteiger partial charge in [-0.1, -0.05) is 76.7 Å². The van der Waals surface area contributed by atoms with Crippen LogP contribution in [-0.4, -0.2) is 11.1 Å². The zero-order valence-corrected chi connectivity index (χ0v) is 12.2. The standard InChI is InChI=1S/C14H26.C2H4O2/c1-3-5-7-9-11-13-14-12-10-8-6-4-2;1-2(3)4/h3,5,7H,1,4,6,8-14H2,2H3;1H3,(H,3,4). The molecule has 0 atom stereocenters. The zero-order chi connectivity index (χ0) is 14.1. The number of hydrogen-bond donors (Lipinski definition) is 1. The summed E-state index contributed by atoms with van der Waals surface area (Å²) in [5, 5.41) is 7.42. The summed E-state index contributed by atoms with van der Waals surface area (Å²) in [6, 6.07) is 0. The Morgan fingerprint density at radius 1 is 1.06 bits per heavy atom. The predicted molar refractivity (Wildman–Crippen MR) is 79.9 cm³/mol. The summed E-state index contributed by atoms with van der Waals surface area (Å²) in [7, 11) is 0. The second-order valence-corrected chi connectivity index (χ2v) is 4.45. The molecule has 2 nitrogen and oxygen atoms in total. The van der Waals surface area contributed by atoms with E-state index in [9.17, 15) is 0 Å². The molecule has 0 fully saturated rings. The lowest BCUT2D eigenvalue weighted by atomic mass is 10.1. The van der Waals surface area contributed by atoms with E-state index in [0.29, 0.717) is 0 Å². The van der Waals surface area contributed by atoms with E-state index < -0.39 is 5.97 Å². The second kappa shape index (κ2) is 18.3. The lowest BCUT2D eigenvalue weighted by Crippen LogP contribution is -1.79. The maximum atomic E-state index is 9.00. The number of hydrogen-bond acceptors (Lipinski definition) is 1. The first-order chi connectivity index (χ1) is 8.65. The fourth-order valence-electron chi connectivity index (χ4n) is 1.59. The minimum atomic E-state index is -0.833. The zero-order valence-electron chi connectivity index (χ0n) is 12.2. The van der Waals surface area contributed by atoms with Gasteiger partial charge in [0, 0.05) is 6.92 Å². The number of rotatable bonds is 10. The summed E-state index contributed by atoms with van der Waals surface area (Å²) in [5.74, 6) is -0.833. The molecule has 0 saturated heterocycles. The Labute approximate surface area is 113 Å². The molecule has 0 aromatic heterocycles. The molecule has 0 unspecified atom stereocenters. The Morgan fingerprint density at radius 2 is 1.50 bits per heavy atom. The van der Waals surface area contributed by atoms with Crippen molar-refractivity contribution in [2.24, 2.45) is 0 Å². The Balaban J connectivity index is 0. The highest BCUT2D eigenvalue weighted by Gasteiger charge is 1.89. The topological polar surface area (TPSA) is 37.3 Å². The summed E-state index contributed by atoms with van der Waals surface area (Å²) in [4.78, 5) is 9.00. The molecule has 0 spiro atoms. The van der Waals surface area contributed by atoms with E-state index in [1.165, 1.54) is 57.8 Å². The fraction of sp³-hybridized carbons (Fsp3) is 0.688. The van der Waals surface area contributed by atoms with Crippen molar-refractivity contribution in [1.29, 1.82) is 0 Å². The summed E-state index contributed by atoms with van der Waals surface area (Å²) in [6.45, 7) is 7.00. The predicted octanol–water partition coefficient (Wildman–Crippen LogP) is 5.35. The van der Waals surface area contributed by atoms with Crippen LogP contribution in [0.4, 0.5) is 0 Å². The van der Waals surface area contributed by atoms with Gasteiger partial charge in [0.1, 0.15) is 0 Å². The molecule has 0 aliphatic heterocycles. The minimum absolute atomic E-state index is 0.833. The van der Waals surface area contributed by atoms with Crippen molar-refractivity contribution in [1.82, 2.24) is 0 Å². The van der Waals surface area contributed by atoms with E-state index in [2.05, 4.69) is 19.6 Å². The highest BCUT2D eigenvalue weighted by molar-refractivity contribution is 5.62. The molecule has 0 rings (SSSR count). The lowest BCUT2D eigenvalue weighted by Gasteiger charge is -1.99. The molecule has 0 aliphatic carbocycles. The normalized spacial score (nSPS) is 9.89. The van der Waals surface area contributed by atoms with Gasteiger partial charge in [0.15, 0.2) is 0 Å². The molecule has 0 bridgehead atoms. The highest BCUT2D eigenvalue weighted by Crippen LogP contribution is 2.09. The molecular formula is C16H30O2. The first kappa shape index (κ1) is 19.3. The van der Waals surface area contributed by atoms with Crippen molar-refractivity contribution in [3.8, 4) is 0 Å². The van der Waals surface area contributed by atoms with Crippen molar-refractivity contribution in [3.63, 3.8) is 0 Å². The van der Waals surface area contributed by atoms with E-state index in [4.69, 9.17) is 9.90 Å². The van der Waals surface area contributed by atoms with Crippen LogP contribution in [0.3, 0.4) is 0 Å². The smallest absolute Gasteiger partial charge is 0.300 e. The monoisotopic (exact) mass is 254 g/mol. The molecule has 0 saturated carbocycles. The van der Waals surface area contributed by atoms with Crippen LogP contribution in [0.25, 0.3) is 0 Å². The van der Waals surface area contributed by atoms with Crippen molar-refractivity contribution in [3.05, 3.63) is 24.8 Å². The summed E-state index contributed by atoms with van der Waals surface area (Å²) >= 11 is 0. The third kappa shape index (κ3) is 29.4. The third-order valence-corrected chi connectivity index (χ3v) is 2.50. The Kier molecular flexibility index (Phi) is 19.6. The van der Waals surface area contributed by atoms with E-state index in [1.54, 1.807) is 0 Å². The Morgan fingerprint density at radius 3 is 1.94 bits per heavy atom. The number of aliphatic carboxylic acids is 1. The van der Waals surface area contributed by atoms with Gasteiger partial charge in [0.2, 0.25) is 0 Å². The van der Waals surface area contributed by atoms with Gasteiger partial charge in [0.05, 0.1) is 0 Å². The number of carboxylic acids is 1. The molecule has 0 aromatic carbocycles. The van der Waals surface area contributed by atoms with E-state index in [-0.39, 0.29) is 0 Å². The Hall–Kier alpha value is -1.05. The fourth-order valence-corrected chi connectivity index (χ4v) is 1.59. The van der Waals surface area contributed by atoms with Gasteiger partial charge in [0.25, 0.3) is 5.97 Å². The van der Waals surface area contributed by atoms with Gasteiger partial charge in [-0.2, -0.15) is 0 Å². The van der Waals surface area contributed by atoms with Gasteiger partial charge < -0.3 is 5.11 Å².